The van der Waals surface area contributed by atoms with Crippen molar-refractivity contribution in [3.8, 4) is 0 Å². The summed E-state index contributed by atoms with van der Waals surface area (Å²) >= 11 is 0. The largest absolute Gasteiger partial charge is 0.360 e. The molecule has 2 aromatic heterocycles. The van der Waals surface area contributed by atoms with E-state index in [1.54, 1.807) is 0 Å². The number of aromatic amines is 1. The Morgan fingerprint density at radius 1 is 1.00 bits per heavy atom. The van der Waals surface area contributed by atoms with Crippen LogP contribution in [0.5, 0.6) is 0 Å². The number of nitrogens with zero attached hydrogens (tertiary/aromatic N) is 2. The third kappa shape index (κ3) is 3.59. The van der Waals surface area contributed by atoms with E-state index >= 15 is 0 Å². The van der Waals surface area contributed by atoms with Crippen molar-refractivity contribution in [3.05, 3.63) is 95.7 Å². The van der Waals surface area contributed by atoms with E-state index in [-0.39, 0.29) is 12.3 Å². The summed E-state index contributed by atoms with van der Waals surface area (Å²) in [5.74, 6) is 0.762. The third-order valence-electron chi connectivity index (χ3n) is 5.73. The number of para-hydroxylation sites is 3. The van der Waals surface area contributed by atoms with Crippen LogP contribution in [0, 0.1) is 0 Å². The van der Waals surface area contributed by atoms with E-state index in [4.69, 9.17) is 4.98 Å². The fraction of sp³-hybridized carbons (Fsp3) is 0.154. The van der Waals surface area contributed by atoms with E-state index < -0.39 is 0 Å². The standard InChI is InChI=1S/C26H24N4O/c1-2-19-11-8-12-20-21(16-27-25(19)20)24(31)17-30-23-14-7-6-13-22(23)29-26(30)28-15-18-9-4-3-5-10-18/h3-14,16,27H,2,15,17H2,1H3,(H,28,29). The molecule has 3 aromatic carbocycles. The number of nitrogens with one attached hydrogen (secondary N) is 2. The molecule has 5 aromatic rings. The number of fused-ring (bicyclic) bond motifs is 2. The summed E-state index contributed by atoms with van der Waals surface area (Å²) < 4.78 is 1.98. The second-order valence-electron chi connectivity index (χ2n) is 7.67. The first-order chi connectivity index (χ1) is 15.2. The van der Waals surface area contributed by atoms with Crippen LogP contribution in [0.4, 0.5) is 5.95 Å². The van der Waals surface area contributed by atoms with Gasteiger partial charge in [-0.1, -0.05) is 67.6 Å². The molecular weight excluding hydrogens is 384 g/mol. The lowest BCUT2D eigenvalue weighted by molar-refractivity contribution is 0.0975. The summed E-state index contributed by atoms with van der Waals surface area (Å²) in [4.78, 5) is 21.4. The quantitative estimate of drug-likeness (QED) is 0.346. The van der Waals surface area contributed by atoms with Crippen molar-refractivity contribution in [3.63, 3.8) is 0 Å². The minimum atomic E-state index is 0.0606. The Labute approximate surface area is 180 Å². The van der Waals surface area contributed by atoms with Crippen LogP contribution < -0.4 is 5.32 Å². The van der Waals surface area contributed by atoms with Crippen LogP contribution >= 0.6 is 0 Å². The number of rotatable bonds is 7. The minimum absolute atomic E-state index is 0.0606. The molecule has 2 heterocycles. The second-order valence-corrected chi connectivity index (χ2v) is 7.67. The molecule has 0 radical (unpaired) electrons. The number of anilines is 1. The average molecular weight is 409 g/mol. The van der Waals surface area contributed by atoms with Gasteiger partial charge in [0.2, 0.25) is 5.95 Å². The number of aromatic nitrogens is 3. The molecule has 0 aliphatic carbocycles. The maximum atomic E-state index is 13.4. The normalized spacial score (nSPS) is 11.3. The van der Waals surface area contributed by atoms with Gasteiger partial charge in [0.15, 0.2) is 5.78 Å². The first kappa shape index (κ1) is 19.1. The Morgan fingerprint density at radius 3 is 2.65 bits per heavy atom. The molecule has 0 aliphatic heterocycles. The zero-order valence-electron chi connectivity index (χ0n) is 17.4. The molecule has 5 rings (SSSR count). The number of benzene rings is 3. The molecule has 0 aliphatic rings. The van der Waals surface area contributed by atoms with Crippen molar-refractivity contribution in [1.82, 2.24) is 14.5 Å². The Kier molecular flexibility index (Phi) is 5.00. The lowest BCUT2D eigenvalue weighted by Crippen LogP contribution is -2.14. The van der Waals surface area contributed by atoms with Crippen LogP contribution in [0.25, 0.3) is 21.9 Å². The van der Waals surface area contributed by atoms with E-state index in [1.165, 1.54) is 5.56 Å². The fourth-order valence-electron chi connectivity index (χ4n) is 4.12. The van der Waals surface area contributed by atoms with Crippen molar-refractivity contribution >= 4 is 33.7 Å². The molecule has 0 saturated heterocycles. The SMILES string of the molecule is CCc1cccc2c(C(=O)Cn3c(NCc4ccccc4)nc4ccccc43)c[nH]c12. The summed E-state index contributed by atoms with van der Waals surface area (Å²) in [6.07, 6.45) is 2.76. The van der Waals surface area contributed by atoms with E-state index in [1.807, 2.05) is 65.4 Å². The number of carbonyl (C=O) groups excluding carboxylic acids is 1. The van der Waals surface area contributed by atoms with Crippen molar-refractivity contribution in [2.75, 3.05) is 5.32 Å². The summed E-state index contributed by atoms with van der Waals surface area (Å²) in [5, 5.41) is 4.40. The van der Waals surface area contributed by atoms with Crippen molar-refractivity contribution in [2.24, 2.45) is 0 Å². The van der Waals surface area contributed by atoms with Gasteiger partial charge in [-0.3, -0.25) is 4.79 Å². The summed E-state index contributed by atoms with van der Waals surface area (Å²) in [7, 11) is 0. The van der Waals surface area contributed by atoms with E-state index in [0.29, 0.717) is 12.5 Å². The monoisotopic (exact) mass is 408 g/mol. The maximum absolute atomic E-state index is 13.4. The predicted octanol–water partition coefficient (Wildman–Crippen LogP) is 5.58. The zero-order valence-corrected chi connectivity index (χ0v) is 17.4. The maximum Gasteiger partial charge on any atom is 0.204 e. The van der Waals surface area contributed by atoms with Crippen molar-refractivity contribution in [2.45, 2.75) is 26.4 Å². The summed E-state index contributed by atoms with van der Waals surface area (Å²) in [5.41, 5.74) is 5.97. The van der Waals surface area contributed by atoms with Gasteiger partial charge >= 0.3 is 0 Å². The van der Waals surface area contributed by atoms with Crippen molar-refractivity contribution < 1.29 is 4.79 Å². The smallest absolute Gasteiger partial charge is 0.204 e. The van der Waals surface area contributed by atoms with Gasteiger partial charge in [0.05, 0.1) is 17.6 Å². The van der Waals surface area contributed by atoms with Crippen molar-refractivity contribution in [1.29, 1.82) is 0 Å². The Hall–Kier alpha value is -3.86. The Morgan fingerprint density at radius 2 is 1.81 bits per heavy atom. The minimum Gasteiger partial charge on any atom is -0.360 e. The molecular formula is C26H24N4O. The number of hydrogen-bond acceptors (Lipinski definition) is 3. The first-order valence-corrected chi connectivity index (χ1v) is 10.6. The Balaban J connectivity index is 1.49. The van der Waals surface area contributed by atoms with Gasteiger partial charge in [0.25, 0.3) is 0 Å². The molecule has 5 heteroatoms. The van der Waals surface area contributed by atoms with Gasteiger partial charge < -0.3 is 14.9 Å². The van der Waals surface area contributed by atoms with Crippen LogP contribution in [-0.2, 0) is 19.5 Å². The van der Waals surface area contributed by atoms with Crippen LogP contribution in [-0.4, -0.2) is 20.3 Å². The first-order valence-electron chi connectivity index (χ1n) is 10.6. The second kappa shape index (κ2) is 8.11. The highest BCUT2D eigenvalue weighted by Crippen LogP contribution is 2.25. The van der Waals surface area contributed by atoms with Gasteiger partial charge in [0.1, 0.15) is 0 Å². The average Bonchev–Trinajstić information content (AvgIpc) is 3.40. The third-order valence-corrected chi connectivity index (χ3v) is 5.73. The summed E-state index contributed by atoms with van der Waals surface area (Å²) in [6, 6.07) is 24.2. The highest BCUT2D eigenvalue weighted by molar-refractivity contribution is 6.08. The number of H-pyrrole nitrogens is 1. The van der Waals surface area contributed by atoms with Gasteiger partial charge in [-0.2, -0.15) is 0 Å². The summed E-state index contributed by atoms with van der Waals surface area (Å²) in [6.45, 7) is 2.99. The number of imidazole rings is 1. The number of aryl methyl sites for hydroxylation is 1. The van der Waals surface area contributed by atoms with Gasteiger partial charge in [-0.05, 0) is 29.7 Å². The number of carbonyl (C=O) groups is 1. The van der Waals surface area contributed by atoms with Crippen LogP contribution in [0.3, 0.4) is 0 Å². The lowest BCUT2D eigenvalue weighted by Gasteiger charge is -2.10. The lowest BCUT2D eigenvalue weighted by atomic mass is 10.0. The van der Waals surface area contributed by atoms with Crippen LogP contribution in [0.1, 0.15) is 28.4 Å². The van der Waals surface area contributed by atoms with E-state index in [0.717, 1.165) is 39.5 Å². The number of Topliss-reactive ketones (excluding diaryl/α,β-unsaturated/α-hetero) is 1. The molecule has 5 nitrogen and oxygen atoms in total. The molecule has 154 valence electrons. The topological polar surface area (TPSA) is 62.7 Å². The Bertz CT molecular complexity index is 1360. The molecule has 2 N–H and O–H groups in total. The predicted molar refractivity (Wildman–Crippen MR) is 126 cm³/mol. The molecule has 0 amide bonds. The molecule has 0 fully saturated rings. The van der Waals surface area contributed by atoms with Gasteiger partial charge in [0, 0.05) is 29.2 Å². The highest BCUT2D eigenvalue weighted by Gasteiger charge is 2.18. The number of hydrogen-bond donors (Lipinski definition) is 2. The zero-order chi connectivity index (χ0) is 21.2. The molecule has 0 atom stereocenters. The van der Waals surface area contributed by atoms with Gasteiger partial charge in [-0.25, -0.2) is 4.98 Å². The fourth-order valence-corrected chi connectivity index (χ4v) is 4.12. The molecule has 31 heavy (non-hydrogen) atoms. The molecule has 0 unspecified atom stereocenters. The van der Waals surface area contributed by atoms with E-state index in [9.17, 15) is 4.79 Å². The van der Waals surface area contributed by atoms with E-state index in [2.05, 4.69) is 35.4 Å². The molecule has 0 spiro atoms. The highest BCUT2D eigenvalue weighted by atomic mass is 16.1. The molecule has 0 saturated carbocycles. The van der Waals surface area contributed by atoms with Crippen LogP contribution in [0.2, 0.25) is 0 Å². The van der Waals surface area contributed by atoms with Gasteiger partial charge in [-0.15, -0.1) is 0 Å². The number of ketones is 1. The molecule has 0 bridgehead atoms. The van der Waals surface area contributed by atoms with Crippen LogP contribution in [0.15, 0.2) is 79.0 Å².